The van der Waals surface area contributed by atoms with E-state index in [9.17, 15) is 0 Å². The molecule has 0 radical (unpaired) electrons. The number of benzene rings is 1. The highest BCUT2D eigenvalue weighted by molar-refractivity contribution is 5.43. The van der Waals surface area contributed by atoms with Gasteiger partial charge in [-0.3, -0.25) is 4.90 Å². The van der Waals surface area contributed by atoms with E-state index in [1.165, 1.54) is 5.56 Å². The third-order valence-corrected chi connectivity index (χ3v) is 3.43. The maximum absolute atomic E-state index is 5.72. The van der Waals surface area contributed by atoms with Crippen LogP contribution < -0.4 is 14.8 Å². The third-order valence-electron chi connectivity index (χ3n) is 3.43. The molecule has 18 heavy (non-hydrogen) atoms. The maximum atomic E-state index is 5.72. The molecule has 0 unspecified atom stereocenters. The van der Waals surface area contributed by atoms with Crippen LogP contribution in [0.2, 0.25) is 0 Å². The van der Waals surface area contributed by atoms with E-state index >= 15 is 0 Å². The van der Waals surface area contributed by atoms with Gasteiger partial charge in [0.1, 0.15) is 0 Å². The maximum Gasteiger partial charge on any atom is 0.161 e. The number of hydrogen-bond donors (Lipinski definition) is 1. The van der Waals surface area contributed by atoms with E-state index in [2.05, 4.69) is 22.3 Å². The van der Waals surface area contributed by atoms with Crippen molar-refractivity contribution in [3.05, 3.63) is 23.8 Å². The molecule has 0 aromatic heterocycles. The quantitative estimate of drug-likeness (QED) is 0.854. The van der Waals surface area contributed by atoms with Gasteiger partial charge in [-0.25, -0.2) is 0 Å². The normalized spacial score (nSPS) is 20.4. The molecule has 1 N–H and O–H groups in total. The van der Waals surface area contributed by atoms with Gasteiger partial charge in [0.25, 0.3) is 0 Å². The lowest BCUT2D eigenvalue weighted by atomic mass is 10.1. The summed E-state index contributed by atoms with van der Waals surface area (Å²) < 4.78 is 11.4. The van der Waals surface area contributed by atoms with Gasteiger partial charge in [0.15, 0.2) is 11.5 Å². The van der Waals surface area contributed by atoms with E-state index in [1.54, 1.807) is 0 Å². The van der Waals surface area contributed by atoms with Gasteiger partial charge in [0, 0.05) is 39.1 Å². The van der Waals surface area contributed by atoms with Crippen LogP contribution in [0.5, 0.6) is 11.5 Å². The zero-order valence-corrected chi connectivity index (χ0v) is 10.7. The number of hydrogen-bond acceptors (Lipinski definition) is 4. The fourth-order valence-electron chi connectivity index (χ4n) is 2.43. The Kier molecular flexibility index (Phi) is 3.67. The molecule has 2 aliphatic rings. The summed E-state index contributed by atoms with van der Waals surface area (Å²) in [4.78, 5) is 2.47. The van der Waals surface area contributed by atoms with Crippen molar-refractivity contribution in [3.63, 3.8) is 0 Å². The van der Waals surface area contributed by atoms with Crippen LogP contribution in [0.15, 0.2) is 18.2 Å². The lowest BCUT2D eigenvalue weighted by Gasteiger charge is -2.27. The summed E-state index contributed by atoms with van der Waals surface area (Å²) in [5.41, 5.74) is 1.31. The van der Waals surface area contributed by atoms with Gasteiger partial charge in [0.05, 0.1) is 13.2 Å². The zero-order valence-electron chi connectivity index (χ0n) is 10.7. The summed E-state index contributed by atoms with van der Waals surface area (Å²) in [6.07, 6.45) is 0.960. The molecule has 98 valence electrons. The Morgan fingerprint density at radius 3 is 2.67 bits per heavy atom. The molecule has 1 saturated heterocycles. The van der Waals surface area contributed by atoms with Crippen molar-refractivity contribution in [2.75, 3.05) is 39.4 Å². The fraction of sp³-hybridized carbons (Fsp3) is 0.571. The molecule has 4 heteroatoms. The summed E-state index contributed by atoms with van der Waals surface area (Å²) >= 11 is 0. The van der Waals surface area contributed by atoms with Crippen molar-refractivity contribution in [1.82, 2.24) is 10.2 Å². The molecular weight excluding hydrogens is 228 g/mol. The van der Waals surface area contributed by atoms with Crippen molar-refractivity contribution in [2.45, 2.75) is 13.0 Å². The standard InChI is InChI=1S/C14H20N2O2/c1-8-17-13-3-2-12(10-14(13)18-9-1)11-16-6-4-15-5-7-16/h2-3,10,15H,1,4-9,11H2. The number of rotatable bonds is 2. The fourth-order valence-corrected chi connectivity index (χ4v) is 2.43. The Hall–Kier alpha value is -1.26. The number of nitrogens with zero attached hydrogens (tertiary/aromatic N) is 1. The second-order valence-electron chi connectivity index (χ2n) is 4.86. The summed E-state index contributed by atoms with van der Waals surface area (Å²) in [6, 6.07) is 6.32. The van der Waals surface area contributed by atoms with E-state index in [-0.39, 0.29) is 0 Å². The van der Waals surface area contributed by atoms with Gasteiger partial charge < -0.3 is 14.8 Å². The van der Waals surface area contributed by atoms with Gasteiger partial charge in [0.2, 0.25) is 0 Å². The average Bonchev–Trinajstić information content (AvgIpc) is 2.64. The molecule has 0 spiro atoms. The molecule has 0 atom stereocenters. The Bertz CT molecular complexity index is 403. The molecule has 4 nitrogen and oxygen atoms in total. The highest BCUT2D eigenvalue weighted by Crippen LogP contribution is 2.30. The van der Waals surface area contributed by atoms with Crippen molar-refractivity contribution in [2.24, 2.45) is 0 Å². The van der Waals surface area contributed by atoms with Crippen LogP contribution in [0, 0.1) is 0 Å². The summed E-state index contributed by atoms with van der Waals surface area (Å²) in [7, 11) is 0. The molecule has 0 aliphatic carbocycles. The van der Waals surface area contributed by atoms with E-state index in [1.807, 2.05) is 6.07 Å². The number of piperazine rings is 1. The van der Waals surface area contributed by atoms with Crippen molar-refractivity contribution in [1.29, 1.82) is 0 Å². The predicted molar refractivity (Wildman–Crippen MR) is 70.2 cm³/mol. The Morgan fingerprint density at radius 1 is 1.06 bits per heavy atom. The number of fused-ring (bicyclic) bond motifs is 1. The van der Waals surface area contributed by atoms with E-state index in [4.69, 9.17) is 9.47 Å². The smallest absolute Gasteiger partial charge is 0.161 e. The molecule has 2 aliphatic heterocycles. The van der Waals surface area contributed by atoms with E-state index in [0.717, 1.165) is 63.9 Å². The molecule has 3 rings (SSSR count). The molecule has 1 aromatic carbocycles. The monoisotopic (exact) mass is 248 g/mol. The van der Waals surface area contributed by atoms with Crippen LogP contribution in [-0.2, 0) is 6.54 Å². The first kappa shape index (κ1) is 11.8. The molecule has 0 saturated carbocycles. The highest BCUT2D eigenvalue weighted by Gasteiger charge is 2.13. The van der Waals surface area contributed by atoms with Crippen LogP contribution in [0.25, 0.3) is 0 Å². The Morgan fingerprint density at radius 2 is 1.83 bits per heavy atom. The first-order chi connectivity index (χ1) is 8.92. The van der Waals surface area contributed by atoms with E-state index in [0.29, 0.717) is 0 Å². The van der Waals surface area contributed by atoms with Gasteiger partial charge in [-0.15, -0.1) is 0 Å². The zero-order chi connectivity index (χ0) is 12.2. The van der Waals surface area contributed by atoms with Crippen molar-refractivity contribution >= 4 is 0 Å². The van der Waals surface area contributed by atoms with Crippen LogP contribution >= 0.6 is 0 Å². The SMILES string of the molecule is c1cc2c(cc1CN1CCNCC1)OCCCO2. The topological polar surface area (TPSA) is 33.7 Å². The molecular formula is C14H20N2O2. The Labute approximate surface area is 108 Å². The van der Waals surface area contributed by atoms with Crippen molar-refractivity contribution < 1.29 is 9.47 Å². The summed E-state index contributed by atoms with van der Waals surface area (Å²) in [5.74, 6) is 1.79. The lowest BCUT2D eigenvalue weighted by molar-refractivity contribution is 0.232. The molecule has 0 amide bonds. The van der Waals surface area contributed by atoms with Crippen LogP contribution in [0.1, 0.15) is 12.0 Å². The van der Waals surface area contributed by atoms with Crippen LogP contribution in [-0.4, -0.2) is 44.3 Å². The minimum atomic E-state index is 0.754. The Balaban J connectivity index is 1.70. The lowest BCUT2D eigenvalue weighted by Crippen LogP contribution is -2.42. The minimum absolute atomic E-state index is 0.754. The second kappa shape index (κ2) is 5.59. The van der Waals surface area contributed by atoms with E-state index < -0.39 is 0 Å². The minimum Gasteiger partial charge on any atom is -0.490 e. The molecule has 2 heterocycles. The van der Waals surface area contributed by atoms with Gasteiger partial charge in [-0.05, 0) is 17.7 Å². The first-order valence-electron chi connectivity index (χ1n) is 6.73. The van der Waals surface area contributed by atoms with Crippen LogP contribution in [0.4, 0.5) is 0 Å². The largest absolute Gasteiger partial charge is 0.490 e. The van der Waals surface area contributed by atoms with Crippen molar-refractivity contribution in [3.8, 4) is 11.5 Å². The third kappa shape index (κ3) is 2.76. The molecule has 0 bridgehead atoms. The summed E-state index contributed by atoms with van der Waals surface area (Å²) in [5, 5.41) is 3.37. The number of ether oxygens (including phenoxy) is 2. The predicted octanol–water partition coefficient (Wildman–Crippen LogP) is 1.25. The van der Waals surface area contributed by atoms with Gasteiger partial charge >= 0.3 is 0 Å². The highest BCUT2D eigenvalue weighted by atomic mass is 16.5. The first-order valence-corrected chi connectivity index (χ1v) is 6.73. The molecule has 1 aromatic rings. The molecule has 1 fully saturated rings. The number of nitrogens with one attached hydrogen (secondary N) is 1. The van der Waals surface area contributed by atoms with Crippen LogP contribution in [0.3, 0.4) is 0 Å². The average molecular weight is 248 g/mol. The summed E-state index contributed by atoms with van der Waals surface area (Å²) in [6.45, 7) is 6.92. The van der Waals surface area contributed by atoms with Gasteiger partial charge in [-0.2, -0.15) is 0 Å². The van der Waals surface area contributed by atoms with Gasteiger partial charge in [-0.1, -0.05) is 6.07 Å². The second-order valence-corrected chi connectivity index (χ2v) is 4.86.